The molecule has 0 aliphatic heterocycles. The fourth-order valence-corrected chi connectivity index (χ4v) is 3.00. The summed E-state index contributed by atoms with van der Waals surface area (Å²) in [6.07, 6.45) is 8.20. The standard InChI is InChI=1S/C25H34N2O4.Na.H/c1-22(26-29-20-12-4-10-18-23-14-6-2-7-15-23)25(28)31-27-30-21-13-5-11-19-24-16-8-3-9-17-24;;/h2-3,6-9,14-17,27H,4-5,10-13,18-21H2,1H3;;. The van der Waals surface area contributed by atoms with Gasteiger partial charge in [0.15, 0.2) is 5.71 Å². The van der Waals surface area contributed by atoms with Crippen LogP contribution >= 0.6 is 0 Å². The summed E-state index contributed by atoms with van der Waals surface area (Å²) in [6.45, 7) is 2.49. The second-order valence-electron chi connectivity index (χ2n) is 7.42. The van der Waals surface area contributed by atoms with E-state index < -0.39 is 5.97 Å². The van der Waals surface area contributed by atoms with Gasteiger partial charge in [0.1, 0.15) is 6.61 Å². The summed E-state index contributed by atoms with van der Waals surface area (Å²) in [5, 5.41) is 3.79. The molecule has 2 aromatic rings. The molecular formula is C25H35N2NaO4. The zero-order valence-electron chi connectivity index (χ0n) is 18.4. The molecule has 0 spiro atoms. The number of unbranched alkanes of at least 4 members (excludes halogenated alkanes) is 4. The van der Waals surface area contributed by atoms with Crippen LogP contribution < -0.4 is 5.64 Å². The molecule has 32 heavy (non-hydrogen) atoms. The second kappa shape index (κ2) is 18.8. The molecule has 170 valence electrons. The Hall–Kier alpha value is -1.70. The van der Waals surface area contributed by atoms with E-state index in [4.69, 9.17) is 14.5 Å². The van der Waals surface area contributed by atoms with Crippen LogP contribution in [0.2, 0.25) is 0 Å². The molecule has 0 aliphatic carbocycles. The molecule has 0 radical (unpaired) electrons. The zero-order chi connectivity index (χ0) is 22.0. The number of hydrogen-bond donors (Lipinski definition) is 1. The van der Waals surface area contributed by atoms with E-state index in [9.17, 15) is 4.79 Å². The third kappa shape index (κ3) is 13.7. The number of oxime groups is 1. The van der Waals surface area contributed by atoms with Gasteiger partial charge >= 0.3 is 35.5 Å². The van der Waals surface area contributed by atoms with Crippen molar-refractivity contribution in [3.8, 4) is 0 Å². The summed E-state index contributed by atoms with van der Waals surface area (Å²) in [5.74, 6) is -0.617. The number of hydrogen-bond acceptors (Lipinski definition) is 6. The summed E-state index contributed by atoms with van der Waals surface area (Å²) in [6, 6.07) is 20.8. The topological polar surface area (TPSA) is 69.2 Å². The van der Waals surface area contributed by atoms with Gasteiger partial charge in [0.25, 0.3) is 0 Å². The Bertz CT molecular complexity index is 757. The van der Waals surface area contributed by atoms with Crippen LogP contribution in [0.25, 0.3) is 0 Å². The summed E-state index contributed by atoms with van der Waals surface area (Å²) < 4.78 is 0. The Morgan fingerprint density at radius 1 is 0.781 bits per heavy atom. The molecule has 1 N–H and O–H groups in total. The van der Waals surface area contributed by atoms with E-state index >= 15 is 0 Å². The minimum absolute atomic E-state index is 0. The van der Waals surface area contributed by atoms with Crippen LogP contribution in [0.15, 0.2) is 65.8 Å². The molecule has 0 aromatic heterocycles. The van der Waals surface area contributed by atoms with Gasteiger partial charge < -0.3 is 9.68 Å². The monoisotopic (exact) mass is 450 g/mol. The fourth-order valence-electron chi connectivity index (χ4n) is 3.00. The van der Waals surface area contributed by atoms with E-state index in [-0.39, 0.29) is 35.3 Å². The molecule has 0 saturated heterocycles. The molecule has 0 aliphatic rings. The van der Waals surface area contributed by atoms with Gasteiger partial charge in [-0.25, -0.2) is 4.79 Å². The molecule has 0 unspecified atom stereocenters. The maximum atomic E-state index is 11.8. The normalized spacial score (nSPS) is 11.0. The average molecular weight is 451 g/mol. The van der Waals surface area contributed by atoms with Crippen molar-refractivity contribution in [2.75, 3.05) is 13.2 Å². The van der Waals surface area contributed by atoms with Crippen molar-refractivity contribution in [3.63, 3.8) is 0 Å². The molecule has 7 heteroatoms. The van der Waals surface area contributed by atoms with E-state index in [1.54, 1.807) is 6.92 Å². The van der Waals surface area contributed by atoms with Crippen molar-refractivity contribution in [2.24, 2.45) is 5.16 Å². The van der Waals surface area contributed by atoms with Crippen molar-refractivity contribution in [3.05, 3.63) is 71.8 Å². The first-order chi connectivity index (χ1) is 15.3. The van der Waals surface area contributed by atoms with Crippen molar-refractivity contribution >= 4 is 41.2 Å². The third-order valence-corrected chi connectivity index (χ3v) is 4.79. The molecule has 2 rings (SSSR count). The van der Waals surface area contributed by atoms with E-state index in [2.05, 4.69) is 59.3 Å². The van der Waals surface area contributed by atoms with Gasteiger partial charge in [-0.1, -0.05) is 72.2 Å². The number of nitrogens with one attached hydrogen (secondary N) is 1. The van der Waals surface area contributed by atoms with Crippen molar-refractivity contribution in [1.29, 1.82) is 0 Å². The molecule has 6 nitrogen and oxygen atoms in total. The van der Waals surface area contributed by atoms with E-state index in [0.29, 0.717) is 13.2 Å². The zero-order valence-corrected chi connectivity index (χ0v) is 18.4. The van der Waals surface area contributed by atoms with E-state index in [1.807, 2.05) is 12.1 Å². The maximum absolute atomic E-state index is 11.8. The van der Waals surface area contributed by atoms with Crippen LogP contribution in [0.3, 0.4) is 0 Å². The summed E-state index contributed by atoms with van der Waals surface area (Å²) in [4.78, 5) is 26.9. The van der Waals surface area contributed by atoms with E-state index in [0.717, 1.165) is 51.4 Å². The van der Waals surface area contributed by atoms with Gasteiger partial charge in [0, 0.05) is 0 Å². The van der Waals surface area contributed by atoms with Crippen LogP contribution in [0.4, 0.5) is 0 Å². The summed E-state index contributed by atoms with van der Waals surface area (Å²) in [5.41, 5.74) is 5.06. The predicted molar refractivity (Wildman–Crippen MR) is 129 cm³/mol. The Morgan fingerprint density at radius 3 is 1.88 bits per heavy atom. The van der Waals surface area contributed by atoms with Crippen LogP contribution in [0.5, 0.6) is 0 Å². The third-order valence-electron chi connectivity index (χ3n) is 4.79. The number of nitrogens with zero attached hydrogens (tertiary/aromatic N) is 1. The van der Waals surface area contributed by atoms with Crippen LogP contribution in [0, 0.1) is 0 Å². The first-order valence-corrected chi connectivity index (χ1v) is 11.1. The van der Waals surface area contributed by atoms with Gasteiger partial charge in [0.2, 0.25) is 0 Å². The first-order valence-electron chi connectivity index (χ1n) is 11.1. The van der Waals surface area contributed by atoms with Gasteiger partial charge in [-0.15, -0.1) is 0 Å². The van der Waals surface area contributed by atoms with Gasteiger partial charge in [-0.3, -0.25) is 4.84 Å². The first kappa shape index (κ1) is 28.3. The second-order valence-corrected chi connectivity index (χ2v) is 7.42. The summed E-state index contributed by atoms with van der Waals surface area (Å²) >= 11 is 0. The average Bonchev–Trinajstić information content (AvgIpc) is 2.81. The van der Waals surface area contributed by atoms with Crippen LogP contribution in [-0.4, -0.2) is 54.5 Å². The molecule has 2 aromatic carbocycles. The predicted octanol–water partition coefficient (Wildman–Crippen LogP) is 4.54. The number of carbonyl (C=O) groups is 1. The van der Waals surface area contributed by atoms with Gasteiger partial charge in [-0.05, 0) is 68.6 Å². The number of aryl methyl sites for hydroxylation is 2. The summed E-state index contributed by atoms with van der Waals surface area (Å²) in [7, 11) is 0. The van der Waals surface area contributed by atoms with Gasteiger partial charge in [-0.2, -0.15) is 0 Å². The molecule has 0 heterocycles. The number of rotatable bonds is 16. The Labute approximate surface area is 213 Å². The Morgan fingerprint density at radius 2 is 1.31 bits per heavy atom. The number of carbonyl (C=O) groups excluding carboxylic acids is 1. The van der Waals surface area contributed by atoms with Crippen LogP contribution in [0.1, 0.15) is 56.6 Å². The molecular weight excluding hydrogens is 415 g/mol. The molecule has 0 saturated carbocycles. The molecule has 0 atom stereocenters. The van der Waals surface area contributed by atoms with Crippen LogP contribution in [-0.2, 0) is 32.1 Å². The Kier molecular flexibility index (Phi) is 16.7. The van der Waals surface area contributed by atoms with Crippen molar-refractivity contribution < 1.29 is 19.3 Å². The fraction of sp³-hybridized carbons (Fsp3) is 0.440. The van der Waals surface area contributed by atoms with Crippen molar-refractivity contribution in [2.45, 2.75) is 58.3 Å². The Balaban J connectivity index is 0.00000512. The van der Waals surface area contributed by atoms with E-state index in [1.165, 1.54) is 11.1 Å². The SMILES string of the molecule is CC(=NOCCCCCc1ccccc1)C(=O)ONOCCCCCc1ccccc1.[NaH]. The molecule has 0 amide bonds. The minimum atomic E-state index is -0.617. The number of benzene rings is 2. The van der Waals surface area contributed by atoms with Crippen molar-refractivity contribution in [1.82, 2.24) is 5.64 Å². The molecule has 0 fully saturated rings. The van der Waals surface area contributed by atoms with Gasteiger partial charge in [0.05, 0.1) is 6.61 Å². The molecule has 0 bridgehead atoms. The quantitative estimate of drug-likeness (QED) is 0.176.